The molecule has 0 saturated carbocycles. The summed E-state index contributed by atoms with van der Waals surface area (Å²) in [6.07, 6.45) is 1.88. The summed E-state index contributed by atoms with van der Waals surface area (Å²) in [6.45, 7) is 2.20. The Hall–Kier alpha value is -0.900. The Balaban J connectivity index is 1.99. The van der Waals surface area contributed by atoms with Gasteiger partial charge in [-0.15, -0.1) is 0 Å². The zero-order valence-electron chi connectivity index (χ0n) is 7.94. The second-order valence-corrected chi connectivity index (χ2v) is 4.83. The molecule has 1 aromatic rings. The summed E-state index contributed by atoms with van der Waals surface area (Å²) in [5.41, 5.74) is 1.19. The van der Waals surface area contributed by atoms with Crippen LogP contribution in [0.5, 0.6) is 0 Å². The van der Waals surface area contributed by atoms with Crippen molar-refractivity contribution in [2.75, 3.05) is 34.8 Å². The van der Waals surface area contributed by atoms with Crippen LogP contribution in [0.4, 0.5) is 11.5 Å². The maximum absolute atomic E-state index is 4.46. The maximum Gasteiger partial charge on any atom is 0.152 e. The topological polar surface area (TPSA) is 28.2 Å². The summed E-state index contributed by atoms with van der Waals surface area (Å²) in [7, 11) is 0. The lowest BCUT2D eigenvalue weighted by Gasteiger charge is -2.41. The molecule has 0 aliphatic carbocycles. The van der Waals surface area contributed by atoms with Gasteiger partial charge in [0, 0.05) is 30.8 Å². The highest BCUT2D eigenvalue weighted by Crippen LogP contribution is 2.32. The molecule has 0 radical (unpaired) electrons. The summed E-state index contributed by atoms with van der Waals surface area (Å²) in [5.74, 6) is 3.60. The lowest BCUT2D eigenvalue weighted by atomic mass is 10.2. The fourth-order valence-electron chi connectivity index (χ4n) is 2.09. The van der Waals surface area contributed by atoms with Gasteiger partial charge in [0.05, 0.1) is 11.7 Å². The summed E-state index contributed by atoms with van der Waals surface area (Å²) in [4.78, 5) is 6.90. The number of pyridine rings is 1. The number of hydrogen-bond donors (Lipinski definition) is 1. The SMILES string of the molecule is c1cnc2c(c1)NCC1CSCCN21. The van der Waals surface area contributed by atoms with Crippen molar-refractivity contribution in [3.8, 4) is 0 Å². The van der Waals surface area contributed by atoms with Crippen molar-refractivity contribution in [1.82, 2.24) is 4.98 Å². The zero-order valence-corrected chi connectivity index (χ0v) is 8.76. The predicted molar refractivity (Wildman–Crippen MR) is 61.2 cm³/mol. The van der Waals surface area contributed by atoms with E-state index in [1.165, 1.54) is 17.2 Å². The number of thioether (sulfide) groups is 1. The molecule has 14 heavy (non-hydrogen) atoms. The summed E-state index contributed by atoms with van der Waals surface area (Å²) in [5, 5.41) is 3.44. The van der Waals surface area contributed by atoms with Gasteiger partial charge in [-0.05, 0) is 12.1 Å². The molecule has 0 spiro atoms. The van der Waals surface area contributed by atoms with Gasteiger partial charge in [0.25, 0.3) is 0 Å². The predicted octanol–water partition coefficient (Wildman–Crippen LogP) is 1.43. The highest BCUT2D eigenvalue weighted by atomic mass is 32.2. The molecule has 1 saturated heterocycles. The fourth-order valence-corrected chi connectivity index (χ4v) is 3.16. The van der Waals surface area contributed by atoms with Gasteiger partial charge in [-0.2, -0.15) is 11.8 Å². The number of anilines is 2. The smallest absolute Gasteiger partial charge is 0.152 e. The van der Waals surface area contributed by atoms with Crippen molar-refractivity contribution in [2.45, 2.75) is 6.04 Å². The minimum atomic E-state index is 0.635. The van der Waals surface area contributed by atoms with Crippen LogP contribution >= 0.6 is 11.8 Å². The quantitative estimate of drug-likeness (QED) is 0.696. The third-order valence-corrected chi connectivity index (χ3v) is 3.91. The molecular formula is C10H13N3S. The average molecular weight is 207 g/mol. The van der Waals surface area contributed by atoms with Crippen molar-refractivity contribution in [2.24, 2.45) is 0 Å². The summed E-state index contributed by atoms with van der Waals surface area (Å²) >= 11 is 2.05. The second-order valence-electron chi connectivity index (χ2n) is 3.68. The van der Waals surface area contributed by atoms with Crippen LogP contribution < -0.4 is 10.2 Å². The van der Waals surface area contributed by atoms with E-state index in [-0.39, 0.29) is 0 Å². The molecule has 0 amide bonds. The molecule has 1 fully saturated rings. The minimum absolute atomic E-state index is 0.635. The molecule has 3 heterocycles. The molecule has 3 rings (SSSR count). The van der Waals surface area contributed by atoms with Crippen molar-refractivity contribution >= 4 is 23.3 Å². The first kappa shape index (κ1) is 8.41. The van der Waals surface area contributed by atoms with Gasteiger partial charge >= 0.3 is 0 Å². The molecule has 1 aromatic heterocycles. The summed E-state index contributed by atoms with van der Waals surface area (Å²) in [6, 6.07) is 4.74. The lowest BCUT2D eigenvalue weighted by Crippen LogP contribution is -2.49. The molecular weight excluding hydrogens is 194 g/mol. The van der Waals surface area contributed by atoms with E-state index in [4.69, 9.17) is 0 Å². The van der Waals surface area contributed by atoms with Gasteiger partial charge in [0.1, 0.15) is 0 Å². The van der Waals surface area contributed by atoms with Crippen LogP contribution in [0.1, 0.15) is 0 Å². The molecule has 1 atom stereocenters. The Morgan fingerprint density at radius 1 is 1.57 bits per heavy atom. The normalized spacial score (nSPS) is 24.9. The van der Waals surface area contributed by atoms with Crippen LogP contribution in [0.25, 0.3) is 0 Å². The van der Waals surface area contributed by atoms with Crippen LogP contribution in [-0.2, 0) is 0 Å². The van der Waals surface area contributed by atoms with E-state index in [1.807, 2.05) is 24.0 Å². The first-order valence-corrected chi connectivity index (χ1v) is 6.14. The van der Waals surface area contributed by atoms with Crippen molar-refractivity contribution in [3.63, 3.8) is 0 Å². The number of fused-ring (bicyclic) bond motifs is 3. The van der Waals surface area contributed by atoms with Gasteiger partial charge in [-0.1, -0.05) is 0 Å². The zero-order chi connectivity index (χ0) is 9.38. The molecule has 0 bridgehead atoms. The molecule has 2 aliphatic rings. The van der Waals surface area contributed by atoms with Gasteiger partial charge in [0.15, 0.2) is 5.82 Å². The average Bonchev–Trinajstić information content (AvgIpc) is 2.29. The molecule has 2 aliphatic heterocycles. The molecule has 4 heteroatoms. The third-order valence-electron chi connectivity index (χ3n) is 2.81. The standard InChI is InChI=1S/C10H13N3S/c1-2-9-10(11-3-1)13-4-5-14-7-8(13)6-12-9/h1-3,8,12H,4-7H2. The second kappa shape index (κ2) is 3.35. The largest absolute Gasteiger partial charge is 0.380 e. The summed E-state index contributed by atoms with van der Waals surface area (Å²) < 4.78 is 0. The Bertz CT molecular complexity index is 342. The van der Waals surface area contributed by atoms with Crippen LogP contribution in [0.15, 0.2) is 18.3 Å². The van der Waals surface area contributed by atoms with Crippen molar-refractivity contribution in [3.05, 3.63) is 18.3 Å². The Morgan fingerprint density at radius 3 is 3.57 bits per heavy atom. The number of aromatic nitrogens is 1. The Labute approximate surface area is 87.9 Å². The molecule has 74 valence electrons. The fraction of sp³-hybridized carbons (Fsp3) is 0.500. The van der Waals surface area contributed by atoms with Crippen LogP contribution in [-0.4, -0.2) is 35.6 Å². The van der Waals surface area contributed by atoms with E-state index >= 15 is 0 Å². The van der Waals surface area contributed by atoms with E-state index in [0.717, 1.165) is 18.9 Å². The molecule has 1 N–H and O–H groups in total. The van der Waals surface area contributed by atoms with Crippen LogP contribution in [0, 0.1) is 0 Å². The monoisotopic (exact) mass is 207 g/mol. The molecule has 1 unspecified atom stereocenters. The van der Waals surface area contributed by atoms with Gasteiger partial charge in [0.2, 0.25) is 0 Å². The maximum atomic E-state index is 4.46. The molecule has 0 aromatic carbocycles. The first-order valence-electron chi connectivity index (χ1n) is 4.98. The highest BCUT2D eigenvalue weighted by Gasteiger charge is 2.28. The number of rotatable bonds is 0. The third kappa shape index (κ3) is 1.25. The lowest BCUT2D eigenvalue weighted by molar-refractivity contribution is 0.647. The highest BCUT2D eigenvalue weighted by molar-refractivity contribution is 7.99. The van der Waals surface area contributed by atoms with E-state index < -0.39 is 0 Å². The van der Waals surface area contributed by atoms with Crippen molar-refractivity contribution < 1.29 is 0 Å². The Kier molecular flexibility index (Phi) is 2.01. The number of nitrogens with zero attached hydrogens (tertiary/aromatic N) is 2. The number of nitrogens with one attached hydrogen (secondary N) is 1. The first-order chi connectivity index (χ1) is 6.95. The molecule has 3 nitrogen and oxygen atoms in total. The van der Waals surface area contributed by atoms with Gasteiger partial charge in [-0.25, -0.2) is 4.98 Å². The van der Waals surface area contributed by atoms with Crippen LogP contribution in [0.2, 0.25) is 0 Å². The van der Waals surface area contributed by atoms with E-state index in [0.29, 0.717) is 6.04 Å². The van der Waals surface area contributed by atoms with Crippen LogP contribution in [0.3, 0.4) is 0 Å². The van der Waals surface area contributed by atoms with Crippen molar-refractivity contribution in [1.29, 1.82) is 0 Å². The van der Waals surface area contributed by atoms with Gasteiger partial charge in [-0.3, -0.25) is 0 Å². The van der Waals surface area contributed by atoms with E-state index in [1.54, 1.807) is 0 Å². The van der Waals surface area contributed by atoms with E-state index in [9.17, 15) is 0 Å². The van der Waals surface area contributed by atoms with E-state index in [2.05, 4.69) is 21.3 Å². The number of hydrogen-bond acceptors (Lipinski definition) is 4. The van der Waals surface area contributed by atoms with Gasteiger partial charge < -0.3 is 10.2 Å². The Morgan fingerprint density at radius 2 is 2.57 bits per heavy atom. The minimum Gasteiger partial charge on any atom is -0.380 e.